The molecule has 0 bridgehead atoms. The molecule has 2 aliphatic rings. The predicted molar refractivity (Wildman–Crippen MR) is 182 cm³/mol. The number of fused-ring (bicyclic) bond motifs is 3. The summed E-state index contributed by atoms with van der Waals surface area (Å²) in [7, 11) is -20.7. The number of pyridine rings is 1. The number of allylic oxidation sites excluding steroid dienone is 1. The van der Waals surface area contributed by atoms with Crippen LogP contribution in [0.5, 0.6) is 0 Å². The Labute approximate surface area is 294 Å². The summed E-state index contributed by atoms with van der Waals surface area (Å²) >= 11 is 4.74. The fourth-order valence-electron chi connectivity index (χ4n) is 5.20. The average Bonchev–Trinajstić information content (AvgIpc) is 3.14. The van der Waals surface area contributed by atoms with Gasteiger partial charge >= 0.3 is 115 Å². The van der Waals surface area contributed by atoms with E-state index in [2.05, 4.69) is 144 Å². The van der Waals surface area contributed by atoms with Crippen LogP contribution in [0.2, 0.25) is 0 Å². The van der Waals surface area contributed by atoms with Crippen LogP contribution in [0.25, 0.3) is 17.0 Å². The third kappa shape index (κ3) is 17.7. The van der Waals surface area contributed by atoms with Gasteiger partial charge in [0.25, 0.3) is 0 Å². The topological polar surface area (TPSA) is 6.89 Å². The Hall–Kier alpha value is -0.676. The van der Waals surface area contributed by atoms with E-state index in [0.717, 1.165) is 19.5 Å². The molecule has 0 atom stereocenters. The number of nitrogens with zero attached hydrogens (tertiary/aromatic N) is 2. The van der Waals surface area contributed by atoms with E-state index in [1.165, 1.54) is 45.4 Å². The molecule has 2 nitrogen and oxygen atoms in total. The first-order valence-electron chi connectivity index (χ1n) is 13.5. The first-order valence-corrected chi connectivity index (χ1v) is 26.6. The van der Waals surface area contributed by atoms with Gasteiger partial charge in [-0.3, -0.25) is 0 Å². The van der Waals surface area contributed by atoms with Crippen LogP contribution in [0.3, 0.4) is 0 Å². The van der Waals surface area contributed by atoms with Gasteiger partial charge in [-0.15, -0.1) is 0 Å². The molecule has 19 heteroatoms. The predicted octanol–water partition coefficient (Wildman–Crippen LogP) is 14.8. The van der Waals surface area contributed by atoms with Crippen LogP contribution < -0.4 is 4.57 Å². The number of para-hydroxylation sites is 2. The Bertz CT molecular complexity index is 1580. The van der Waals surface area contributed by atoms with Crippen molar-refractivity contribution in [3.63, 3.8) is 0 Å². The zero-order chi connectivity index (χ0) is 36.8. The van der Waals surface area contributed by atoms with Gasteiger partial charge in [0.15, 0.2) is 11.9 Å². The van der Waals surface area contributed by atoms with E-state index < -0.39 is 15.6 Å². The van der Waals surface area contributed by atoms with Crippen LogP contribution in [0.1, 0.15) is 51.7 Å². The second-order valence-electron chi connectivity index (χ2n) is 10.5. The Morgan fingerprint density at radius 1 is 0.830 bits per heavy atom. The summed E-state index contributed by atoms with van der Waals surface area (Å²) in [4.78, 5) is 0. The molecule has 0 fully saturated rings. The molecule has 0 spiro atoms. The molecule has 2 aromatic carbocycles. The monoisotopic (exact) mass is 992 g/mol. The number of halogens is 14. The Balaban J connectivity index is 0.000000482. The van der Waals surface area contributed by atoms with E-state index in [9.17, 15) is 50.4 Å². The molecule has 269 valence electrons. The van der Waals surface area contributed by atoms with Crippen LogP contribution in [-0.4, -0.2) is 16.8 Å². The molecule has 5 rings (SSSR count). The summed E-state index contributed by atoms with van der Waals surface area (Å²) < 4.78 is 123. The van der Waals surface area contributed by atoms with Crippen molar-refractivity contribution >= 4 is 84.0 Å². The van der Waals surface area contributed by atoms with Gasteiger partial charge in [-0.2, -0.15) is 16.1 Å². The number of hydrogen-bond acceptors (Lipinski definition) is 0. The maximum atomic E-state index is 9.87. The number of aryl methyl sites for hydroxylation is 1. The molecule has 0 N–H and O–H groups in total. The van der Waals surface area contributed by atoms with Gasteiger partial charge < -0.3 is 6.92 Å². The molecular weight excluding hydrogens is 959 g/mol. The Morgan fingerprint density at radius 3 is 1.81 bits per heavy atom. The molecule has 3 aromatic rings. The van der Waals surface area contributed by atoms with E-state index in [0.29, 0.717) is 9.47 Å². The molecule has 0 saturated carbocycles. The zero-order valence-corrected chi connectivity index (χ0v) is 32.9. The molecule has 0 aliphatic carbocycles. The summed E-state index contributed by atoms with van der Waals surface area (Å²) in [6.07, 6.45) is 7.11. The van der Waals surface area contributed by atoms with Gasteiger partial charge in [0.1, 0.15) is 13.1 Å². The summed E-state index contributed by atoms with van der Waals surface area (Å²) in [5, 5.41) is 1.31. The first kappa shape index (κ1) is 44.3. The van der Waals surface area contributed by atoms with Gasteiger partial charge in [-0.25, -0.2) is 0 Å². The normalized spacial score (nSPS) is 18.7. The Morgan fingerprint density at radius 2 is 1.30 bits per heavy atom. The second-order valence-corrected chi connectivity index (χ2v) is 26.1. The van der Waals surface area contributed by atoms with Crippen LogP contribution in [0.4, 0.5) is 56.1 Å². The van der Waals surface area contributed by atoms with Crippen molar-refractivity contribution in [3.05, 3.63) is 84.4 Å². The summed E-state index contributed by atoms with van der Waals surface area (Å²) in [5.74, 6) is 0. The number of benzene rings is 2. The first-order chi connectivity index (χ1) is 20.9. The van der Waals surface area contributed by atoms with Crippen molar-refractivity contribution in [1.82, 2.24) is 0 Å². The second kappa shape index (κ2) is 14.5. The van der Waals surface area contributed by atoms with Crippen molar-refractivity contribution < 1.29 is 69.0 Å². The molecular formula is C28H33F12I2N2P2V-. The van der Waals surface area contributed by atoms with Crippen LogP contribution in [-0.2, 0) is 21.4 Å². The van der Waals surface area contributed by atoms with E-state index in [1.807, 2.05) is 0 Å². The van der Waals surface area contributed by atoms with E-state index in [4.69, 9.17) is 0 Å². The minimum absolute atomic E-state index is 0.0560. The third-order valence-corrected chi connectivity index (χ3v) is 6.42. The molecule has 3 heterocycles. The van der Waals surface area contributed by atoms with E-state index in [1.54, 1.807) is 6.92 Å². The van der Waals surface area contributed by atoms with Crippen LogP contribution in [0, 0.1) is 6.92 Å². The molecule has 1 aromatic heterocycles. The van der Waals surface area contributed by atoms with Crippen molar-refractivity contribution in [2.45, 2.75) is 52.5 Å². The summed E-state index contributed by atoms with van der Waals surface area (Å²) in [6.45, 7) is 14.1. The molecule has 2 aliphatic heterocycles. The molecule has 0 unspecified atom stereocenters. The van der Waals surface area contributed by atoms with Crippen LogP contribution in [0.15, 0.2) is 66.4 Å². The summed E-state index contributed by atoms with van der Waals surface area (Å²) in [5.41, 5.74) is 8.51. The van der Waals surface area contributed by atoms with Crippen molar-refractivity contribution in [3.8, 4) is 0 Å². The molecule has 47 heavy (non-hydrogen) atoms. The average molecular weight is 992 g/mol. The molecule has 0 saturated heterocycles. The van der Waals surface area contributed by atoms with Gasteiger partial charge in [-0.1, -0.05) is 30.3 Å². The fraction of sp³-hybridized carbons (Fsp3) is 0.321. The maximum absolute atomic E-state index is 10.7. The van der Waals surface area contributed by atoms with Gasteiger partial charge in [0, 0.05) is 40.6 Å². The third-order valence-electron chi connectivity index (χ3n) is 6.42. The van der Waals surface area contributed by atoms with E-state index >= 15 is 0 Å². The van der Waals surface area contributed by atoms with Crippen molar-refractivity contribution in [2.75, 3.05) is 6.54 Å². The Kier molecular flexibility index (Phi) is 13.7. The minimum atomic E-state index is -10.7. The van der Waals surface area contributed by atoms with Crippen molar-refractivity contribution in [2.24, 2.45) is 0 Å². The molecule has 0 amide bonds. The summed E-state index contributed by atoms with van der Waals surface area (Å²) in [6, 6.07) is 20.0. The number of rotatable bonds is 2. The number of aromatic nitrogens is 1. The fourth-order valence-corrected chi connectivity index (χ4v) is 5.20. The zero-order valence-electron chi connectivity index (χ0n) is 25.4. The van der Waals surface area contributed by atoms with Gasteiger partial charge in [0.2, 0.25) is 11.2 Å². The standard InChI is InChI=1S/C26H28N2.C2H5.2F6P.2HI.V/c1-4-27-18-19(16-20-10-5-7-13-23(20)27)17-21-11-9-15-28-24-14-8-6-12-22(24)26(2,3)25(21)28;1-2;2*1-7(2,3,4,5)6;;;/h5-8,10,12-14,16-18H,4,9,11,15H2,1-3H3;1H2,2H3;;;2*1H;/q+2;3*-1;;;+2/p-2/b21-17+;;;;;;. The van der Waals surface area contributed by atoms with Crippen LogP contribution >= 0.6 is 55.6 Å². The molecule has 0 radical (unpaired) electrons. The van der Waals surface area contributed by atoms with E-state index in [-0.39, 0.29) is 5.41 Å². The van der Waals surface area contributed by atoms with Gasteiger partial charge in [0.05, 0.1) is 5.41 Å². The van der Waals surface area contributed by atoms with Gasteiger partial charge in [-0.05, 0) is 45.4 Å². The quantitative estimate of drug-likeness (QED) is 0.0794. The SMILES string of the molecule is CC[n+]1cc(/C=C2\CCC[N+]3=C2C(C)(C)c2ccccc23)cc2ccccc21.F[P-](F)(F)(F)(F)F.F[P-](F)(F)(F)(F)F.[CH2-]C.[I][V][I]. The van der Waals surface area contributed by atoms with Crippen molar-refractivity contribution in [1.29, 1.82) is 0 Å². The number of hydrogen-bond donors (Lipinski definition) is 0.